The number of amides is 2. The maximum absolute atomic E-state index is 13.5. The maximum Gasteiger partial charge on any atom is 0.283 e. The third-order valence-electron chi connectivity index (χ3n) is 5.98. The van der Waals surface area contributed by atoms with Gasteiger partial charge in [0.1, 0.15) is 5.57 Å². The molecule has 0 aliphatic carbocycles. The lowest BCUT2D eigenvalue weighted by molar-refractivity contribution is -0.116. The standard InChI is InChI=1S/C28H20N4O3/c1-30-23(19-11-5-2-6-12-19)18-24-26(30)29-25(35-24)17-22-27(33)31(20-13-7-3-8-14-20)32(28(22)34)21-15-9-4-10-16-21/h2-18H,1H3. The maximum atomic E-state index is 13.5. The first-order valence-corrected chi connectivity index (χ1v) is 11.1. The van der Waals surface area contributed by atoms with Gasteiger partial charge >= 0.3 is 0 Å². The number of aromatic nitrogens is 2. The molecule has 0 spiro atoms. The molecule has 0 atom stereocenters. The van der Waals surface area contributed by atoms with Crippen LogP contribution >= 0.6 is 0 Å². The van der Waals surface area contributed by atoms with E-state index in [9.17, 15) is 9.59 Å². The first-order chi connectivity index (χ1) is 17.1. The fourth-order valence-electron chi connectivity index (χ4n) is 4.31. The second kappa shape index (κ2) is 8.14. The van der Waals surface area contributed by atoms with Crippen molar-refractivity contribution in [2.24, 2.45) is 7.05 Å². The molecule has 0 radical (unpaired) electrons. The van der Waals surface area contributed by atoms with Crippen molar-refractivity contribution in [2.75, 3.05) is 10.0 Å². The monoisotopic (exact) mass is 460 g/mol. The van der Waals surface area contributed by atoms with Crippen molar-refractivity contribution in [3.63, 3.8) is 0 Å². The van der Waals surface area contributed by atoms with Crippen molar-refractivity contribution >= 4 is 40.5 Å². The fourth-order valence-corrected chi connectivity index (χ4v) is 4.31. The molecule has 5 aromatic rings. The van der Waals surface area contributed by atoms with E-state index in [1.807, 2.05) is 84.4 Å². The van der Waals surface area contributed by atoms with Gasteiger partial charge in [-0.3, -0.25) is 9.59 Å². The van der Waals surface area contributed by atoms with Gasteiger partial charge in [0.2, 0.25) is 5.89 Å². The summed E-state index contributed by atoms with van der Waals surface area (Å²) >= 11 is 0. The Hall–Kier alpha value is -4.91. The number of benzene rings is 3. The molecule has 3 heterocycles. The molecule has 7 nitrogen and oxygen atoms in total. The number of anilines is 2. The summed E-state index contributed by atoms with van der Waals surface area (Å²) in [4.78, 5) is 31.5. The number of oxazole rings is 1. The van der Waals surface area contributed by atoms with Gasteiger partial charge in [0.05, 0.1) is 17.1 Å². The summed E-state index contributed by atoms with van der Waals surface area (Å²) in [7, 11) is 1.91. The van der Waals surface area contributed by atoms with E-state index < -0.39 is 11.8 Å². The number of carbonyl (C=O) groups is 2. The first kappa shape index (κ1) is 20.7. The molecule has 0 saturated carbocycles. The van der Waals surface area contributed by atoms with Crippen molar-refractivity contribution in [1.29, 1.82) is 0 Å². The van der Waals surface area contributed by atoms with E-state index in [4.69, 9.17) is 4.42 Å². The van der Waals surface area contributed by atoms with Crippen LogP contribution in [0.4, 0.5) is 11.4 Å². The number of fused-ring (bicyclic) bond motifs is 1. The molecular weight excluding hydrogens is 440 g/mol. The smallest absolute Gasteiger partial charge is 0.283 e. The fraction of sp³-hybridized carbons (Fsp3) is 0.0357. The third-order valence-corrected chi connectivity index (χ3v) is 5.98. The van der Waals surface area contributed by atoms with E-state index in [0.717, 1.165) is 11.3 Å². The summed E-state index contributed by atoms with van der Waals surface area (Å²) in [6.45, 7) is 0. The van der Waals surface area contributed by atoms with Crippen LogP contribution in [-0.2, 0) is 16.6 Å². The summed E-state index contributed by atoms with van der Waals surface area (Å²) in [6, 6.07) is 30.0. The van der Waals surface area contributed by atoms with Gasteiger partial charge in [0, 0.05) is 19.2 Å². The number of hydrogen-bond donors (Lipinski definition) is 0. The Morgan fingerprint density at radius 1 is 0.743 bits per heavy atom. The normalized spacial score (nSPS) is 13.8. The van der Waals surface area contributed by atoms with E-state index in [1.54, 1.807) is 24.3 Å². The summed E-state index contributed by atoms with van der Waals surface area (Å²) in [5, 5.41) is 2.75. The molecule has 3 aromatic carbocycles. The molecule has 7 heteroatoms. The zero-order valence-corrected chi connectivity index (χ0v) is 18.8. The molecule has 1 aliphatic rings. The number of carbonyl (C=O) groups excluding carboxylic acids is 2. The zero-order chi connectivity index (χ0) is 23.9. The van der Waals surface area contributed by atoms with Crippen molar-refractivity contribution in [3.05, 3.63) is 109 Å². The number of nitrogens with zero attached hydrogens (tertiary/aromatic N) is 4. The molecule has 6 rings (SSSR count). The highest BCUT2D eigenvalue weighted by Gasteiger charge is 2.43. The highest BCUT2D eigenvalue weighted by Crippen LogP contribution is 2.33. The van der Waals surface area contributed by atoms with E-state index in [0.29, 0.717) is 22.6 Å². The lowest BCUT2D eigenvalue weighted by atomic mass is 10.1. The summed E-state index contributed by atoms with van der Waals surface area (Å²) in [5.41, 5.74) is 4.37. The molecule has 0 bridgehead atoms. The van der Waals surface area contributed by atoms with Crippen LogP contribution in [-0.4, -0.2) is 21.4 Å². The predicted molar refractivity (Wildman–Crippen MR) is 134 cm³/mol. The van der Waals surface area contributed by atoms with E-state index in [1.165, 1.54) is 16.1 Å². The summed E-state index contributed by atoms with van der Waals surface area (Å²) in [6.07, 6.45) is 1.42. The molecular formula is C28H20N4O3. The lowest BCUT2D eigenvalue weighted by Gasteiger charge is -2.27. The molecule has 1 saturated heterocycles. The average Bonchev–Trinajstić information content (AvgIpc) is 3.52. The largest absolute Gasteiger partial charge is 0.435 e. The van der Waals surface area contributed by atoms with Gasteiger partial charge < -0.3 is 8.98 Å². The SMILES string of the molecule is Cn1c(-c2ccccc2)cc2oc(C=C3C(=O)N(c4ccccc4)N(c4ccccc4)C3=O)nc21. The van der Waals surface area contributed by atoms with Gasteiger partial charge in [-0.05, 0) is 29.8 Å². The minimum Gasteiger partial charge on any atom is -0.435 e. The number of hydrogen-bond acceptors (Lipinski definition) is 4. The quantitative estimate of drug-likeness (QED) is 0.273. The lowest BCUT2D eigenvalue weighted by Crippen LogP contribution is -2.41. The number of rotatable bonds is 4. The summed E-state index contributed by atoms with van der Waals surface area (Å²) in [5.74, 6) is -0.695. The first-order valence-electron chi connectivity index (χ1n) is 11.1. The Morgan fingerprint density at radius 3 is 1.77 bits per heavy atom. The van der Waals surface area contributed by atoms with Crippen LogP contribution in [0, 0.1) is 0 Å². The molecule has 2 aromatic heterocycles. The van der Waals surface area contributed by atoms with Gasteiger partial charge in [0.15, 0.2) is 11.2 Å². The zero-order valence-electron chi connectivity index (χ0n) is 18.8. The predicted octanol–water partition coefficient (Wildman–Crippen LogP) is 5.21. The Morgan fingerprint density at radius 2 is 1.26 bits per heavy atom. The van der Waals surface area contributed by atoms with Crippen molar-refractivity contribution < 1.29 is 14.0 Å². The third kappa shape index (κ3) is 3.41. The van der Waals surface area contributed by atoms with Gasteiger partial charge in [-0.25, -0.2) is 10.0 Å². The van der Waals surface area contributed by atoms with Crippen LogP contribution in [0.3, 0.4) is 0 Å². The number of aryl methyl sites for hydroxylation is 1. The number of para-hydroxylation sites is 2. The van der Waals surface area contributed by atoms with Crippen molar-refractivity contribution in [3.8, 4) is 11.3 Å². The van der Waals surface area contributed by atoms with E-state index in [-0.39, 0.29) is 11.5 Å². The molecule has 170 valence electrons. The highest BCUT2D eigenvalue weighted by atomic mass is 16.3. The van der Waals surface area contributed by atoms with Crippen molar-refractivity contribution in [1.82, 2.24) is 9.55 Å². The van der Waals surface area contributed by atoms with E-state index >= 15 is 0 Å². The van der Waals surface area contributed by atoms with Crippen LogP contribution < -0.4 is 10.0 Å². The van der Waals surface area contributed by atoms with E-state index in [2.05, 4.69) is 4.98 Å². The van der Waals surface area contributed by atoms with Crippen LogP contribution in [0.25, 0.3) is 28.6 Å². The summed E-state index contributed by atoms with van der Waals surface area (Å²) < 4.78 is 7.87. The Balaban J connectivity index is 1.42. The molecule has 1 aliphatic heterocycles. The second-order valence-electron chi connectivity index (χ2n) is 8.16. The Bertz CT molecular complexity index is 1530. The highest BCUT2D eigenvalue weighted by molar-refractivity contribution is 6.37. The minimum absolute atomic E-state index is 0.0208. The van der Waals surface area contributed by atoms with Gasteiger partial charge in [0.25, 0.3) is 11.8 Å². The molecule has 1 fully saturated rings. The van der Waals surface area contributed by atoms with Gasteiger partial charge in [-0.1, -0.05) is 66.7 Å². The van der Waals surface area contributed by atoms with Crippen LogP contribution in [0.5, 0.6) is 0 Å². The minimum atomic E-state index is -0.447. The van der Waals surface area contributed by atoms with Gasteiger partial charge in [-0.15, -0.1) is 0 Å². The molecule has 35 heavy (non-hydrogen) atoms. The number of hydrazine groups is 1. The van der Waals surface area contributed by atoms with Crippen molar-refractivity contribution in [2.45, 2.75) is 0 Å². The molecule has 0 N–H and O–H groups in total. The Labute approximate surface area is 201 Å². The Kier molecular flexibility index (Phi) is 4.81. The van der Waals surface area contributed by atoms with Crippen LogP contribution in [0.15, 0.2) is 107 Å². The molecule has 2 amide bonds. The second-order valence-corrected chi connectivity index (χ2v) is 8.16. The average molecular weight is 460 g/mol. The van der Waals surface area contributed by atoms with Crippen LogP contribution in [0.2, 0.25) is 0 Å². The van der Waals surface area contributed by atoms with Crippen LogP contribution in [0.1, 0.15) is 5.89 Å². The topological polar surface area (TPSA) is 71.6 Å². The van der Waals surface area contributed by atoms with Gasteiger partial charge in [-0.2, -0.15) is 4.98 Å². The molecule has 0 unspecified atom stereocenters.